The highest BCUT2D eigenvalue weighted by molar-refractivity contribution is 5.92. The van der Waals surface area contributed by atoms with Gasteiger partial charge in [-0.3, -0.25) is 4.89 Å². The normalized spacial score (nSPS) is 11.4. The summed E-state index contributed by atoms with van der Waals surface area (Å²) in [6, 6.07) is 6.45. The van der Waals surface area contributed by atoms with Gasteiger partial charge in [0.1, 0.15) is 17.4 Å². The molecule has 0 spiro atoms. The summed E-state index contributed by atoms with van der Waals surface area (Å²) in [6.45, 7) is 5.70. The molecule has 0 radical (unpaired) electrons. The van der Waals surface area contributed by atoms with Crippen LogP contribution in [0.15, 0.2) is 24.3 Å². The number of hydrogen-bond acceptors (Lipinski definition) is 7. The molecule has 0 aromatic heterocycles. The Morgan fingerprint density at radius 1 is 1.14 bits per heavy atom. The number of para-hydroxylation sites is 1. The van der Waals surface area contributed by atoms with Crippen molar-refractivity contribution in [3.63, 3.8) is 0 Å². The molecule has 0 N–H and O–H groups in total. The molecular weight excluding hydrogens is 280 g/mol. The highest BCUT2D eigenvalue weighted by atomic mass is 17.5. The molecule has 1 unspecified atom stereocenters. The quantitative estimate of drug-likeness (QED) is 0.435. The maximum atomic E-state index is 11.7. The lowest BCUT2D eigenvalue weighted by Gasteiger charge is -2.09. The van der Waals surface area contributed by atoms with Crippen LogP contribution in [0.25, 0.3) is 0 Å². The monoisotopic (exact) mass is 298 g/mol. The number of benzene rings is 1. The summed E-state index contributed by atoms with van der Waals surface area (Å²) in [5.41, 5.74) is 0.151. The molecule has 0 aliphatic heterocycles. The summed E-state index contributed by atoms with van der Waals surface area (Å²) in [6.07, 6.45) is -0.790. The number of carbonyl (C=O) groups is 2. The zero-order chi connectivity index (χ0) is 15.7. The number of carbonyl (C=O) groups excluding carboxylic acids is 2. The van der Waals surface area contributed by atoms with Gasteiger partial charge in [0.05, 0.1) is 11.6 Å². The van der Waals surface area contributed by atoms with Gasteiger partial charge in [-0.25, -0.2) is 14.5 Å². The third kappa shape index (κ3) is 5.70. The largest absolute Gasteiger partial charge is 0.543 e. The first kappa shape index (κ1) is 16.8. The minimum absolute atomic E-state index is 0.151. The van der Waals surface area contributed by atoms with Crippen LogP contribution in [0.4, 0.5) is 4.79 Å². The number of ether oxygens (including phenoxy) is 2. The first-order valence-corrected chi connectivity index (χ1v) is 6.56. The molecule has 7 nitrogen and oxygen atoms in total. The zero-order valence-corrected chi connectivity index (χ0v) is 12.2. The van der Waals surface area contributed by atoms with Crippen molar-refractivity contribution in [2.75, 3.05) is 6.61 Å². The van der Waals surface area contributed by atoms with Gasteiger partial charge >= 0.3 is 12.1 Å². The lowest BCUT2D eigenvalue weighted by Crippen LogP contribution is -2.17. The van der Waals surface area contributed by atoms with Gasteiger partial charge < -0.3 is 9.47 Å². The van der Waals surface area contributed by atoms with Crippen molar-refractivity contribution in [2.45, 2.75) is 33.3 Å². The van der Waals surface area contributed by atoms with Crippen LogP contribution in [0.5, 0.6) is 5.75 Å². The molecule has 0 saturated heterocycles. The molecule has 7 heteroatoms. The molecule has 0 aliphatic rings. The second kappa shape index (κ2) is 8.80. The second-order valence-corrected chi connectivity index (χ2v) is 4.04. The Balaban J connectivity index is 2.46. The van der Waals surface area contributed by atoms with E-state index in [1.807, 2.05) is 6.92 Å². The van der Waals surface area contributed by atoms with E-state index in [1.54, 1.807) is 32.0 Å². The van der Waals surface area contributed by atoms with Crippen LogP contribution in [0.2, 0.25) is 0 Å². The molecule has 0 saturated carbocycles. The van der Waals surface area contributed by atoms with E-state index in [0.29, 0.717) is 18.8 Å². The van der Waals surface area contributed by atoms with Gasteiger partial charge in [0, 0.05) is 0 Å². The standard InChI is InChI=1S/C14H18O7/c1-4-10(3)18-14(16)20-21-19-13(15)11-8-6-7-9-12(11)17-5-2/h6-10H,4-5H2,1-3H3. The molecule has 0 aliphatic carbocycles. The van der Waals surface area contributed by atoms with E-state index in [-0.39, 0.29) is 11.7 Å². The Kier molecular flexibility index (Phi) is 7.03. The van der Waals surface area contributed by atoms with Crippen LogP contribution >= 0.6 is 0 Å². The average Bonchev–Trinajstić information content (AvgIpc) is 2.47. The minimum atomic E-state index is -1.09. The van der Waals surface area contributed by atoms with Crippen molar-refractivity contribution in [3.05, 3.63) is 29.8 Å². The van der Waals surface area contributed by atoms with Crippen molar-refractivity contribution < 1.29 is 33.9 Å². The number of rotatable bonds is 7. The summed E-state index contributed by atoms with van der Waals surface area (Å²) in [7, 11) is 0. The summed E-state index contributed by atoms with van der Waals surface area (Å²) < 4.78 is 10.0. The first-order chi connectivity index (χ1) is 10.1. The van der Waals surface area contributed by atoms with E-state index in [0.717, 1.165) is 0 Å². The van der Waals surface area contributed by atoms with Gasteiger partial charge in [0.15, 0.2) is 0 Å². The van der Waals surface area contributed by atoms with Crippen LogP contribution in [0.3, 0.4) is 0 Å². The maximum absolute atomic E-state index is 11.7. The minimum Gasteiger partial charge on any atom is -0.493 e. The summed E-state index contributed by atoms with van der Waals surface area (Å²) in [4.78, 5) is 31.4. The molecule has 116 valence electrons. The van der Waals surface area contributed by atoms with E-state index >= 15 is 0 Å². The molecule has 0 fully saturated rings. The van der Waals surface area contributed by atoms with E-state index in [4.69, 9.17) is 9.47 Å². The van der Waals surface area contributed by atoms with Crippen molar-refractivity contribution in [2.24, 2.45) is 0 Å². The molecule has 1 atom stereocenters. The third-order valence-electron chi connectivity index (χ3n) is 2.49. The zero-order valence-electron chi connectivity index (χ0n) is 12.2. The fourth-order valence-corrected chi connectivity index (χ4v) is 1.30. The van der Waals surface area contributed by atoms with Crippen LogP contribution in [0, 0.1) is 0 Å². The van der Waals surface area contributed by atoms with Crippen molar-refractivity contribution >= 4 is 12.1 Å². The molecule has 21 heavy (non-hydrogen) atoms. The van der Waals surface area contributed by atoms with Crippen LogP contribution in [-0.2, 0) is 19.6 Å². The second-order valence-electron chi connectivity index (χ2n) is 4.04. The number of hydrogen-bond donors (Lipinski definition) is 0. The van der Waals surface area contributed by atoms with Crippen molar-refractivity contribution in [3.8, 4) is 5.75 Å². The SMILES string of the molecule is CCOc1ccccc1C(=O)OOOC(=O)OC(C)CC. The van der Waals surface area contributed by atoms with Crippen molar-refractivity contribution in [1.82, 2.24) is 0 Å². The average molecular weight is 298 g/mol. The van der Waals surface area contributed by atoms with Gasteiger partial charge in [-0.1, -0.05) is 19.1 Å². The van der Waals surface area contributed by atoms with Crippen molar-refractivity contribution in [1.29, 1.82) is 0 Å². The topological polar surface area (TPSA) is 80.3 Å². The molecule has 1 rings (SSSR count). The molecular formula is C14H18O7. The van der Waals surface area contributed by atoms with Gasteiger partial charge in [-0.2, -0.15) is 0 Å². The first-order valence-electron chi connectivity index (χ1n) is 6.56. The fourth-order valence-electron chi connectivity index (χ4n) is 1.30. The van der Waals surface area contributed by atoms with E-state index < -0.39 is 12.1 Å². The van der Waals surface area contributed by atoms with Crippen LogP contribution < -0.4 is 4.74 Å². The summed E-state index contributed by atoms with van der Waals surface area (Å²) in [5, 5.41) is 4.11. The highest BCUT2D eigenvalue weighted by Crippen LogP contribution is 2.19. The molecule has 0 amide bonds. The molecule has 1 aromatic rings. The lowest BCUT2D eigenvalue weighted by atomic mass is 10.2. The predicted octanol–water partition coefficient (Wildman–Crippen LogP) is 3.04. The smallest absolute Gasteiger partial charge is 0.493 e. The van der Waals surface area contributed by atoms with Gasteiger partial charge in [0.2, 0.25) is 0 Å². The van der Waals surface area contributed by atoms with Crippen LogP contribution in [0.1, 0.15) is 37.6 Å². The Morgan fingerprint density at radius 2 is 1.86 bits per heavy atom. The highest BCUT2D eigenvalue weighted by Gasteiger charge is 2.17. The third-order valence-corrected chi connectivity index (χ3v) is 2.49. The maximum Gasteiger partial charge on any atom is 0.543 e. The fraction of sp³-hybridized carbons (Fsp3) is 0.429. The molecule has 1 aromatic carbocycles. The summed E-state index contributed by atoms with van der Waals surface area (Å²) >= 11 is 0. The van der Waals surface area contributed by atoms with Gasteiger partial charge in [-0.15, -0.1) is 0 Å². The predicted molar refractivity (Wildman–Crippen MR) is 71.4 cm³/mol. The van der Waals surface area contributed by atoms with E-state index in [1.165, 1.54) is 6.07 Å². The van der Waals surface area contributed by atoms with Gasteiger partial charge in [-0.05, 0) is 32.4 Å². The van der Waals surface area contributed by atoms with Crippen LogP contribution in [-0.4, -0.2) is 24.8 Å². The Hall–Kier alpha value is -2.28. The Labute approximate surface area is 122 Å². The Morgan fingerprint density at radius 3 is 2.52 bits per heavy atom. The summed E-state index contributed by atoms with van der Waals surface area (Å²) in [5.74, 6) is -0.508. The van der Waals surface area contributed by atoms with E-state index in [9.17, 15) is 9.59 Å². The lowest BCUT2D eigenvalue weighted by molar-refractivity contribution is -0.452. The van der Waals surface area contributed by atoms with E-state index in [2.05, 4.69) is 14.8 Å². The molecule has 0 bridgehead atoms. The molecule has 0 heterocycles. The van der Waals surface area contributed by atoms with Gasteiger partial charge in [0.25, 0.3) is 0 Å². The Bertz CT molecular complexity index is 472.